The highest BCUT2D eigenvalue weighted by Gasteiger charge is 2.19. The number of fused-ring (bicyclic) bond motifs is 1. The van der Waals surface area contributed by atoms with Crippen molar-refractivity contribution >= 4 is 5.97 Å². The van der Waals surface area contributed by atoms with Crippen LogP contribution in [-0.2, 0) is 17.6 Å². The highest BCUT2D eigenvalue weighted by atomic mass is 16.5. The van der Waals surface area contributed by atoms with Gasteiger partial charge in [0.05, 0.1) is 18.9 Å². The number of aromatic carboxylic acids is 1. The van der Waals surface area contributed by atoms with Crippen molar-refractivity contribution in [2.45, 2.75) is 19.8 Å². The molecule has 0 atom stereocenters. The van der Waals surface area contributed by atoms with Crippen molar-refractivity contribution in [1.82, 2.24) is 9.97 Å². The van der Waals surface area contributed by atoms with E-state index in [2.05, 4.69) is 9.97 Å². The van der Waals surface area contributed by atoms with Crippen LogP contribution in [0.3, 0.4) is 0 Å². The lowest BCUT2D eigenvalue weighted by Crippen LogP contribution is -2.12. The second-order valence-electron chi connectivity index (χ2n) is 3.46. The summed E-state index contributed by atoms with van der Waals surface area (Å²) in [5.41, 5.74) is 1.67. The Hall–Kier alpha value is -1.49. The zero-order valence-electron chi connectivity index (χ0n) is 8.49. The molecule has 5 heteroatoms. The zero-order valence-corrected chi connectivity index (χ0v) is 8.49. The molecule has 0 bridgehead atoms. The Kier molecular flexibility index (Phi) is 2.64. The van der Waals surface area contributed by atoms with Gasteiger partial charge in [-0.1, -0.05) is 0 Å². The predicted molar refractivity (Wildman–Crippen MR) is 52.0 cm³/mol. The summed E-state index contributed by atoms with van der Waals surface area (Å²) in [6.07, 6.45) is 1.25. The summed E-state index contributed by atoms with van der Waals surface area (Å²) in [5.74, 6) is -0.480. The Morgan fingerprint density at radius 2 is 2.07 bits per heavy atom. The van der Waals surface area contributed by atoms with Crippen molar-refractivity contribution in [2.75, 3.05) is 13.2 Å². The standard InChI is InChI=1S/C10H12N2O3/c1-6-11-8-3-5-15-4-2-7(8)9(12-6)10(13)14/h2-5H2,1H3,(H,13,14). The fourth-order valence-electron chi connectivity index (χ4n) is 1.75. The van der Waals surface area contributed by atoms with Crippen LogP contribution in [0.2, 0.25) is 0 Å². The zero-order chi connectivity index (χ0) is 10.8. The summed E-state index contributed by atoms with van der Waals surface area (Å²) in [7, 11) is 0. The van der Waals surface area contributed by atoms with Crippen LogP contribution < -0.4 is 0 Å². The number of carboxylic acid groups (broad SMARTS) is 1. The fraction of sp³-hybridized carbons (Fsp3) is 0.500. The third kappa shape index (κ3) is 1.97. The first kappa shape index (κ1) is 10.0. The van der Waals surface area contributed by atoms with Gasteiger partial charge in [0.15, 0.2) is 5.69 Å². The van der Waals surface area contributed by atoms with Crippen LogP contribution in [0.5, 0.6) is 0 Å². The molecule has 1 N–H and O–H groups in total. The molecule has 0 unspecified atom stereocenters. The molecule has 2 rings (SSSR count). The maximum absolute atomic E-state index is 11.0. The molecule has 0 aliphatic carbocycles. The van der Waals surface area contributed by atoms with E-state index in [9.17, 15) is 4.79 Å². The van der Waals surface area contributed by atoms with Gasteiger partial charge in [-0.15, -0.1) is 0 Å². The Morgan fingerprint density at radius 3 is 2.80 bits per heavy atom. The molecule has 0 amide bonds. The normalized spacial score (nSPS) is 15.5. The summed E-state index contributed by atoms with van der Waals surface area (Å²) in [4.78, 5) is 19.2. The number of aromatic nitrogens is 2. The summed E-state index contributed by atoms with van der Waals surface area (Å²) in [6, 6.07) is 0. The maximum Gasteiger partial charge on any atom is 0.354 e. The molecule has 1 aromatic heterocycles. The van der Waals surface area contributed by atoms with Gasteiger partial charge in [-0.25, -0.2) is 14.8 Å². The minimum atomic E-state index is -0.987. The van der Waals surface area contributed by atoms with Crippen LogP contribution in [0.4, 0.5) is 0 Å². The summed E-state index contributed by atoms with van der Waals surface area (Å²) < 4.78 is 5.29. The van der Waals surface area contributed by atoms with E-state index in [1.165, 1.54) is 0 Å². The molecule has 0 fully saturated rings. The van der Waals surface area contributed by atoms with Gasteiger partial charge in [0.2, 0.25) is 0 Å². The van der Waals surface area contributed by atoms with E-state index >= 15 is 0 Å². The van der Waals surface area contributed by atoms with Gasteiger partial charge in [0.25, 0.3) is 0 Å². The number of aryl methyl sites for hydroxylation is 1. The fourth-order valence-corrected chi connectivity index (χ4v) is 1.75. The first-order chi connectivity index (χ1) is 7.18. The van der Waals surface area contributed by atoms with Crippen molar-refractivity contribution in [3.05, 3.63) is 22.8 Å². The predicted octanol–water partition coefficient (Wildman–Crippen LogP) is 0.598. The van der Waals surface area contributed by atoms with E-state index in [4.69, 9.17) is 9.84 Å². The average molecular weight is 208 g/mol. The Bertz CT molecular complexity index is 404. The third-order valence-electron chi connectivity index (χ3n) is 2.39. The molecule has 1 aliphatic rings. The number of hydrogen-bond acceptors (Lipinski definition) is 4. The van der Waals surface area contributed by atoms with Gasteiger partial charge in [-0.3, -0.25) is 0 Å². The van der Waals surface area contributed by atoms with Gasteiger partial charge < -0.3 is 9.84 Å². The Labute approximate surface area is 87.1 Å². The summed E-state index contributed by atoms with van der Waals surface area (Å²) in [6.45, 7) is 2.85. The smallest absolute Gasteiger partial charge is 0.354 e. The van der Waals surface area contributed by atoms with Crippen LogP contribution in [0.1, 0.15) is 27.6 Å². The van der Waals surface area contributed by atoms with E-state index in [0.717, 1.165) is 11.3 Å². The van der Waals surface area contributed by atoms with E-state index < -0.39 is 5.97 Å². The second kappa shape index (κ2) is 3.94. The van der Waals surface area contributed by atoms with Gasteiger partial charge >= 0.3 is 5.97 Å². The number of hydrogen-bond donors (Lipinski definition) is 1. The topological polar surface area (TPSA) is 72.3 Å². The average Bonchev–Trinajstić information content (AvgIpc) is 2.41. The molecule has 0 radical (unpaired) electrons. The number of rotatable bonds is 1. The van der Waals surface area contributed by atoms with Crippen LogP contribution >= 0.6 is 0 Å². The SMILES string of the molecule is Cc1nc2c(c(C(=O)O)n1)CCOCC2. The van der Waals surface area contributed by atoms with Crippen molar-refractivity contribution in [3.63, 3.8) is 0 Å². The molecule has 15 heavy (non-hydrogen) atoms. The number of nitrogens with zero attached hydrogens (tertiary/aromatic N) is 2. The molecule has 0 aromatic carbocycles. The molecule has 5 nitrogen and oxygen atoms in total. The molecule has 1 aliphatic heterocycles. The van der Waals surface area contributed by atoms with Crippen molar-refractivity contribution in [2.24, 2.45) is 0 Å². The van der Waals surface area contributed by atoms with Crippen LogP contribution in [-0.4, -0.2) is 34.3 Å². The summed E-state index contributed by atoms with van der Waals surface area (Å²) in [5, 5.41) is 9.03. The molecule has 2 heterocycles. The lowest BCUT2D eigenvalue weighted by atomic mass is 10.1. The van der Waals surface area contributed by atoms with Gasteiger partial charge in [-0.2, -0.15) is 0 Å². The van der Waals surface area contributed by atoms with Crippen molar-refractivity contribution in [1.29, 1.82) is 0 Å². The van der Waals surface area contributed by atoms with E-state index in [-0.39, 0.29) is 5.69 Å². The Morgan fingerprint density at radius 1 is 1.33 bits per heavy atom. The minimum Gasteiger partial charge on any atom is -0.477 e. The van der Waals surface area contributed by atoms with Crippen molar-refractivity contribution in [3.8, 4) is 0 Å². The highest BCUT2D eigenvalue weighted by molar-refractivity contribution is 5.87. The third-order valence-corrected chi connectivity index (χ3v) is 2.39. The van der Waals surface area contributed by atoms with E-state index in [1.54, 1.807) is 6.92 Å². The molecule has 1 aromatic rings. The van der Waals surface area contributed by atoms with E-state index in [0.29, 0.717) is 31.9 Å². The van der Waals surface area contributed by atoms with Crippen LogP contribution in [0.25, 0.3) is 0 Å². The van der Waals surface area contributed by atoms with Gasteiger partial charge in [0, 0.05) is 12.0 Å². The molecule has 0 saturated carbocycles. The lowest BCUT2D eigenvalue weighted by molar-refractivity contribution is 0.0688. The minimum absolute atomic E-state index is 0.128. The molecule has 0 spiro atoms. The largest absolute Gasteiger partial charge is 0.477 e. The van der Waals surface area contributed by atoms with Gasteiger partial charge in [-0.05, 0) is 13.3 Å². The quantitative estimate of drug-likeness (QED) is 0.731. The monoisotopic (exact) mass is 208 g/mol. The molecular formula is C10H12N2O3. The molecule has 80 valence electrons. The highest BCUT2D eigenvalue weighted by Crippen LogP contribution is 2.16. The van der Waals surface area contributed by atoms with Gasteiger partial charge in [0.1, 0.15) is 5.82 Å². The van der Waals surface area contributed by atoms with Crippen LogP contribution in [0.15, 0.2) is 0 Å². The van der Waals surface area contributed by atoms with E-state index in [1.807, 2.05) is 0 Å². The first-order valence-electron chi connectivity index (χ1n) is 4.86. The first-order valence-corrected chi connectivity index (χ1v) is 4.86. The lowest BCUT2D eigenvalue weighted by Gasteiger charge is -2.07. The molecular weight excluding hydrogens is 196 g/mol. The van der Waals surface area contributed by atoms with Crippen molar-refractivity contribution < 1.29 is 14.6 Å². The number of ether oxygens (including phenoxy) is 1. The Balaban J connectivity index is 2.54. The maximum atomic E-state index is 11.0. The number of carbonyl (C=O) groups is 1. The van der Waals surface area contributed by atoms with Crippen LogP contribution in [0, 0.1) is 6.92 Å². The number of carboxylic acids is 1. The summed E-state index contributed by atoms with van der Waals surface area (Å²) >= 11 is 0. The second-order valence-corrected chi connectivity index (χ2v) is 3.46. The molecule has 0 saturated heterocycles.